The molecule has 21 heavy (non-hydrogen) atoms. The van der Waals surface area contributed by atoms with Crippen LogP contribution in [0.25, 0.3) is 0 Å². The molecule has 1 rings (SSSR count). The molecule has 0 saturated heterocycles. The van der Waals surface area contributed by atoms with Crippen molar-refractivity contribution in [3.05, 3.63) is 29.8 Å². The van der Waals surface area contributed by atoms with Crippen molar-refractivity contribution < 1.29 is 14.3 Å². The van der Waals surface area contributed by atoms with E-state index in [-0.39, 0.29) is 18.4 Å². The number of nitrogens with one attached hydrogen (secondary N) is 3. The van der Waals surface area contributed by atoms with Gasteiger partial charge < -0.3 is 15.4 Å². The Kier molecular flexibility index (Phi) is 7.42. The monoisotopic (exact) mass is 293 g/mol. The topological polar surface area (TPSA) is 79.5 Å². The second-order valence-electron chi connectivity index (χ2n) is 4.80. The number of hydrogen-bond donors (Lipinski definition) is 3. The summed E-state index contributed by atoms with van der Waals surface area (Å²) in [5, 5.41) is 8.34. The van der Waals surface area contributed by atoms with Gasteiger partial charge in [0.15, 0.2) is 0 Å². The van der Waals surface area contributed by atoms with Crippen LogP contribution < -0.4 is 16.0 Å². The molecule has 0 aliphatic heterocycles. The lowest BCUT2D eigenvalue weighted by molar-refractivity contribution is -0.123. The predicted octanol–water partition coefficient (Wildman–Crippen LogP) is 0.674. The van der Waals surface area contributed by atoms with Crippen molar-refractivity contribution in [2.75, 3.05) is 32.1 Å². The highest BCUT2D eigenvalue weighted by Crippen LogP contribution is 2.07. The Hall–Kier alpha value is -1.92. The first kappa shape index (κ1) is 17.1. The molecule has 0 saturated carbocycles. The Morgan fingerprint density at radius 2 is 1.90 bits per heavy atom. The third kappa shape index (κ3) is 6.87. The number of benzene rings is 1. The van der Waals surface area contributed by atoms with Crippen molar-refractivity contribution in [3.63, 3.8) is 0 Å². The Labute approximate surface area is 125 Å². The van der Waals surface area contributed by atoms with Crippen LogP contribution in [0.1, 0.15) is 12.5 Å². The smallest absolute Gasteiger partial charge is 0.238 e. The third-order valence-corrected chi connectivity index (χ3v) is 2.90. The van der Waals surface area contributed by atoms with Gasteiger partial charge in [0.25, 0.3) is 0 Å². The fourth-order valence-electron chi connectivity index (χ4n) is 1.61. The molecule has 1 aromatic rings. The van der Waals surface area contributed by atoms with E-state index in [1.165, 1.54) is 0 Å². The minimum Gasteiger partial charge on any atom is -0.383 e. The van der Waals surface area contributed by atoms with Crippen molar-refractivity contribution in [3.8, 4) is 0 Å². The predicted molar refractivity (Wildman–Crippen MR) is 82.2 cm³/mol. The molecule has 1 atom stereocenters. The van der Waals surface area contributed by atoms with Gasteiger partial charge in [0.2, 0.25) is 11.8 Å². The van der Waals surface area contributed by atoms with Crippen LogP contribution in [0.2, 0.25) is 0 Å². The zero-order chi connectivity index (χ0) is 15.7. The van der Waals surface area contributed by atoms with E-state index in [1.54, 1.807) is 14.0 Å². The molecular formula is C15H23N3O3. The van der Waals surface area contributed by atoms with E-state index in [4.69, 9.17) is 4.74 Å². The number of rotatable bonds is 8. The first-order chi connectivity index (χ1) is 10.0. The van der Waals surface area contributed by atoms with Crippen molar-refractivity contribution in [1.29, 1.82) is 0 Å². The molecular weight excluding hydrogens is 270 g/mol. The van der Waals surface area contributed by atoms with E-state index >= 15 is 0 Å². The Morgan fingerprint density at radius 3 is 2.52 bits per heavy atom. The number of ether oxygens (including phenoxy) is 1. The molecule has 0 radical (unpaired) electrons. The largest absolute Gasteiger partial charge is 0.383 e. The van der Waals surface area contributed by atoms with E-state index in [0.717, 1.165) is 11.3 Å². The summed E-state index contributed by atoms with van der Waals surface area (Å²) in [4.78, 5) is 23.4. The molecule has 0 aliphatic rings. The van der Waals surface area contributed by atoms with Gasteiger partial charge in [-0.2, -0.15) is 0 Å². The number of carbonyl (C=O) groups excluding carboxylic acids is 2. The molecule has 6 heteroatoms. The summed E-state index contributed by atoms with van der Waals surface area (Å²) in [6, 6.07) is 7.09. The van der Waals surface area contributed by atoms with Crippen LogP contribution in [-0.4, -0.2) is 44.7 Å². The van der Waals surface area contributed by atoms with Gasteiger partial charge in [0.1, 0.15) is 0 Å². The highest BCUT2D eigenvalue weighted by molar-refractivity contribution is 5.92. The summed E-state index contributed by atoms with van der Waals surface area (Å²) in [7, 11) is 1.57. The van der Waals surface area contributed by atoms with Gasteiger partial charge in [-0.15, -0.1) is 0 Å². The standard InChI is InChI=1S/C15H23N3O3/c1-11-4-6-13(7-5-11)18-14(19)10-17-12(2)15(20)16-8-9-21-3/h4-7,12,17H,8-10H2,1-3H3,(H,16,20)(H,18,19). The maximum atomic E-state index is 11.8. The van der Waals surface area contributed by atoms with Gasteiger partial charge in [-0.1, -0.05) is 17.7 Å². The van der Waals surface area contributed by atoms with Crippen molar-refractivity contribution >= 4 is 17.5 Å². The van der Waals surface area contributed by atoms with Gasteiger partial charge in [-0.3, -0.25) is 14.9 Å². The molecule has 0 aliphatic carbocycles. The maximum Gasteiger partial charge on any atom is 0.238 e. The van der Waals surface area contributed by atoms with Crippen LogP contribution in [-0.2, 0) is 14.3 Å². The molecule has 1 unspecified atom stereocenters. The van der Waals surface area contributed by atoms with Crippen LogP contribution in [0.3, 0.4) is 0 Å². The fraction of sp³-hybridized carbons (Fsp3) is 0.467. The minimum atomic E-state index is -0.439. The number of aryl methyl sites for hydroxylation is 1. The average Bonchev–Trinajstić information content (AvgIpc) is 2.47. The van der Waals surface area contributed by atoms with Gasteiger partial charge >= 0.3 is 0 Å². The number of amides is 2. The lowest BCUT2D eigenvalue weighted by atomic mass is 10.2. The van der Waals surface area contributed by atoms with Crippen LogP contribution >= 0.6 is 0 Å². The molecule has 0 aromatic heterocycles. The summed E-state index contributed by atoms with van der Waals surface area (Å²) in [5.74, 6) is -0.342. The van der Waals surface area contributed by atoms with Gasteiger partial charge in [0, 0.05) is 19.3 Å². The van der Waals surface area contributed by atoms with E-state index < -0.39 is 6.04 Å². The molecule has 1 aromatic carbocycles. The molecule has 3 N–H and O–H groups in total. The van der Waals surface area contributed by atoms with Crippen molar-refractivity contribution in [1.82, 2.24) is 10.6 Å². The van der Waals surface area contributed by atoms with E-state index in [9.17, 15) is 9.59 Å². The van der Waals surface area contributed by atoms with Crippen molar-refractivity contribution in [2.24, 2.45) is 0 Å². The number of anilines is 1. The third-order valence-electron chi connectivity index (χ3n) is 2.90. The van der Waals surface area contributed by atoms with Crippen LogP contribution in [0, 0.1) is 6.92 Å². The summed E-state index contributed by atoms with van der Waals surface area (Å²) in [5.41, 5.74) is 1.87. The molecule has 0 heterocycles. The summed E-state index contributed by atoms with van der Waals surface area (Å²) >= 11 is 0. The van der Waals surface area contributed by atoms with E-state index in [1.807, 2.05) is 31.2 Å². The molecule has 0 fully saturated rings. The Bertz CT molecular complexity index is 460. The zero-order valence-electron chi connectivity index (χ0n) is 12.7. The molecule has 116 valence electrons. The van der Waals surface area contributed by atoms with Crippen molar-refractivity contribution in [2.45, 2.75) is 19.9 Å². The molecule has 2 amide bonds. The number of hydrogen-bond acceptors (Lipinski definition) is 4. The first-order valence-electron chi connectivity index (χ1n) is 6.89. The molecule has 0 spiro atoms. The minimum absolute atomic E-state index is 0.0761. The maximum absolute atomic E-state index is 11.8. The van der Waals surface area contributed by atoms with Crippen LogP contribution in [0.4, 0.5) is 5.69 Å². The summed E-state index contributed by atoms with van der Waals surface area (Å²) < 4.78 is 4.85. The normalized spacial score (nSPS) is 11.8. The fourth-order valence-corrected chi connectivity index (χ4v) is 1.61. The van der Waals surface area contributed by atoms with Gasteiger partial charge in [-0.25, -0.2) is 0 Å². The summed E-state index contributed by atoms with van der Waals surface area (Å²) in [6.07, 6.45) is 0. The molecule has 6 nitrogen and oxygen atoms in total. The van der Waals surface area contributed by atoms with Gasteiger partial charge in [-0.05, 0) is 26.0 Å². The second-order valence-corrected chi connectivity index (χ2v) is 4.80. The van der Waals surface area contributed by atoms with Crippen LogP contribution in [0.15, 0.2) is 24.3 Å². The Balaban J connectivity index is 2.28. The van der Waals surface area contributed by atoms with Gasteiger partial charge in [0.05, 0.1) is 19.2 Å². The lowest BCUT2D eigenvalue weighted by Gasteiger charge is -2.14. The SMILES string of the molecule is COCCNC(=O)C(C)NCC(=O)Nc1ccc(C)cc1. The second kappa shape index (κ2) is 9.10. The highest BCUT2D eigenvalue weighted by atomic mass is 16.5. The zero-order valence-corrected chi connectivity index (χ0v) is 12.7. The lowest BCUT2D eigenvalue weighted by Crippen LogP contribution is -2.45. The number of methoxy groups -OCH3 is 1. The molecule has 0 bridgehead atoms. The summed E-state index contributed by atoms with van der Waals surface area (Å²) in [6.45, 7) is 4.69. The Morgan fingerprint density at radius 1 is 1.24 bits per heavy atom. The quantitative estimate of drug-likeness (QED) is 0.616. The number of carbonyl (C=O) groups is 2. The first-order valence-corrected chi connectivity index (χ1v) is 6.89. The highest BCUT2D eigenvalue weighted by Gasteiger charge is 2.13. The van der Waals surface area contributed by atoms with Crippen LogP contribution in [0.5, 0.6) is 0 Å². The van der Waals surface area contributed by atoms with E-state index in [2.05, 4.69) is 16.0 Å². The van der Waals surface area contributed by atoms with E-state index in [0.29, 0.717) is 13.2 Å². The average molecular weight is 293 g/mol.